The molecule has 2 heterocycles. The van der Waals surface area contributed by atoms with E-state index >= 15 is 4.57 Å². The Morgan fingerprint density at radius 2 is 1.00 bits per heavy atom. The molecule has 0 saturated carbocycles. The summed E-state index contributed by atoms with van der Waals surface area (Å²) in [7, 11) is -3.27. The Kier molecular flexibility index (Phi) is 6.37. The van der Waals surface area contributed by atoms with E-state index in [9.17, 15) is 0 Å². The van der Waals surface area contributed by atoms with E-state index in [1.54, 1.807) is 0 Å². The third-order valence-corrected chi connectivity index (χ3v) is 13.4. The van der Waals surface area contributed by atoms with Crippen LogP contribution in [0.4, 0.5) is 0 Å². The highest BCUT2D eigenvalue weighted by molar-refractivity contribution is 7.86. The molecule has 0 saturated heterocycles. The first kappa shape index (κ1) is 28.9. The fourth-order valence-corrected chi connectivity index (χ4v) is 11.2. The molecule has 0 spiro atoms. The quantitative estimate of drug-likeness (QED) is 0.139. The second kappa shape index (κ2) is 11.0. The van der Waals surface area contributed by atoms with Crippen molar-refractivity contribution in [3.8, 4) is 39.1 Å². The molecule has 1 unspecified atom stereocenters. The number of para-hydroxylation sites is 1. The van der Waals surface area contributed by atoms with E-state index < -0.39 is 7.14 Å². The lowest BCUT2D eigenvalue weighted by Gasteiger charge is -2.29. The van der Waals surface area contributed by atoms with E-state index in [0.29, 0.717) is 0 Å². The summed E-state index contributed by atoms with van der Waals surface area (Å²) in [4.78, 5) is 4.91. The van der Waals surface area contributed by atoms with Crippen LogP contribution in [0.15, 0.2) is 170 Å². The van der Waals surface area contributed by atoms with Crippen LogP contribution in [0.3, 0.4) is 0 Å². The van der Waals surface area contributed by atoms with Gasteiger partial charge in [0.1, 0.15) is 5.82 Å². The van der Waals surface area contributed by atoms with Gasteiger partial charge in [0.2, 0.25) is 0 Å². The molecule has 0 N–H and O–H groups in total. The van der Waals surface area contributed by atoms with E-state index in [0.717, 1.165) is 49.6 Å². The summed E-state index contributed by atoms with van der Waals surface area (Å²) in [6.45, 7) is 2.03. The molecule has 3 nitrogen and oxygen atoms in total. The molecule has 0 amide bonds. The molecule has 236 valence electrons. The van der Waals surface area contributed by atoms with E-state index in [2.05, 4.69) is 126 Å². The minimum atomic E-state index is -3.27. The molecule has 1 aromatic heterocycles. The molecular weight excluding hydrogens is 627 g/mol. The Bertz CT molecular complexity index is 2780. The minimum absolute atomic E-state index is 0.833. The van der Waals surface area contributed by atoms with Crippen molar-refractivity contribution >= 4 is 55.6 Å². The monoisotopic (exact) mass is 658 g/mol. The Labute approximate surface area is 290 Å². The molecule has 50 heavy (non-hydrogen) atoms. The Morgan fingerprint density at radius 3 is 1.64 bits per heavy atom. The van der Waals surface area contributed by atoms with Gasteiger partial charge >= 0.3 is 0 Å². The average Bonchev–Trinajstić information content (AvgIpc) is 3.52. The van der Waals surface area contributed by atoms with E-state index in [-0.39, 0.29) is 0 Å². The van der Waals surface area contributed by atoms with Crippen molar-refractivity contribution in [2.75, 3.05) is 0 Å². The lowest BCUT2D eigenvalue weighted by atomic mass is 9.85. The second-order valence-corrected chi connectivity index (χ2v) is 15.8. The first-order valence-electron chi connectivity index (χ1n) is 17.0. The molecule has 1 aliphatic rings. The summed E-state index contributed by atoms with van der Waals surface area (Å²) in [5, 5.41) is 7.23. The van der Waals surface area contributed by atoms with Crippen LogP contribution in [0, 0.1) is 6.92 Å². The first-order valence-corrected chi connectivity index (χ1v) is 18.7. The van der Waals surface area contributed by atoms with Gasteiger partial charge in [-0.3, -0.25) is 4.57 Å². The van der Waals surface area contributed by atoms with E-state index in [1.807, 2.05) is 55.5 Å². The maximum Gasteiger partial charge on any atom is 0.175 e. The smallest absolute Gasteiger partial charge is 0.175 e. The fourth-order valence-electron chi connectivity index (χ4n) is 8.15. The van der Waals surface area contributed by atoms with Crippen LogP contribution in [0.2, 0.25) is 0 Å². The Hall–Kier alpha value is -6.02. The number of nitrogens with zero attached hydrogens (tertiary/aromatic N) is 2. The zero-order valence-electron chi connectivity index (χ0n) is 27.4. The van der Waals surface area contributed by atoms with Crippen LogP contribution in [0.25, 0.3) is 71.6 Å². The summed E-state index contributed by atoms with van der Waals surface area (Å²) in [6.07, 6.45) is 0. The summed E-state index contributed by atoms with van der Waals surface area (Å²) >= 11 is 0. The highest BCUT2D eigenvalue weighted by atomic mass is 31.2. The largest absolute Gasteiger partial charge is 0.308 e. The number of benzene rings is 8. The van der Waals surface area contributed by atoms with Gasteiger partial charge in [-0.2, -0.15) is 0 Å². The van der Waals surface area contributed by atoms with Crippen molar-refractivity contribution in [2.45, 2.75) is 6.92 Å². The number of aromatic nitrogens is 2. The number of aryl methyl sites for hydroxylation is 1. The molecule has 9 aromatic rings. The topological polar surface area (TPSA) is 34.9 Å². The van der Waals surface area contributed by atoms with E-state index in [4.69, 9.17) is 4.98 Å². The molecule has 1 atom stereocenters. The summed E-state index contributed by atoms with van der Waals surface area (Å²) in [5.74, 6) is 0.888. The highest BCUT2D eigenvalue weighted by Crippen LogP contribution is 2.51. The number of hydrogen-bond donors (Lipinski definition) is 0. The number of hydrogen-bond acceptors (Lipinski definition) is 2. The SMILES string of the molecule is Cc1nc2cccc3c2n1-c1ccc(-c2c4ccccc4c(-c4ccc(-c5ccccc5)cc4)c4ccccc24)cc1P3(=O)c1ccccc1. The van der Waals surface area contributed by atoms with Crippen molar-refractivity contribution < 1.29 is 4.57 Å². The van der Waals surface area contributed by atoms with E-state index in [1.165, 1.54) is 43.8 Å². The predicted octanol–water partition coefficient (Wildman–Crippen LogP) is 10.6. The fraction of sp³-hybridized carbons (Fsp3) is 0.0217. The number of rotatable bonds is 4. The van der Waals surface area contributed by atoms with Crippen LogP contribution in [-0.2, 0) is 4.57 Å². The van der Waals surface area contributed by atoms with Gasteiger partial charge in [0.15, 0.2) is 7.14 Å². The van der Waals surface area contributed by atoms with Crippen molar-refractivity contribution in [1.29, 1.82) is 0 Å². The molecule has 8 aromatic carbocycles. The van der Waals surface area contributed by atoms with Crippen LogP contribution < -0.4 is 15.9 Å². The molecule has 0 fully saturated rings. The van der Waals surface area contributed by atoms with Gasteiger partial charge in [-0.25, -0.2) is 4.98 Å². The standard InChI is InChI=1S/C46H31N2OP/c1-30-47-40-21-12-22-42-46(40)48(30)41-28-27-34(29-43(41)50(42,49)35-15-6-3-7-16-35)45-38-19-10-8-17-36(38)44(37-18-9-11-20-39(37)45)33-25-23-32(24-26-33)31-13-4-2-5-14-31/h2-29H,1H3. The lowest BCUT2D eigenvalue weighted by molar-refractivity contribution is 0.592. The highest BCUT2D eigenvalue weighted by Gasteiger charge is 2.39. The normalized spacial score (nSPS) is 15.1. The van der Waals surface area contributed by atoms with Gasteiger partial charge in [-0.05, 0) is 86.1 Å². The molecule has 0 bridgehead atoms. The van der Waals surface area contributed by atoms with Gasteiger partial charge in [0, 0.05) is 15.9 Å². The number of fused-ring (bicyclic) bond motifs is 4. The Morgan fingerprint density at radius 1 is 0.480 bits per heavy atom. The zero-order chi connectivity index (χ0) is 33.4. The predicted molar refractivity (Wildman–Crippen MR) is 210 cm³/mol. The summed E-state index contributed by atoms with van der Waals surface area (Å²) in [5.41, 5.74) is 9.75. The average molecular weight is 659 g/mol. The molecule has 0 aliphatic carbocycles. The first-order chi connectivity index (χ1) is 24.6. The maximum absolute atomic E-state index is 15.9. The van der Waals surface area contributed by atoms with Gasteiger partial charge in [0.05, 0.1) is 16.7 Å². The van der Waals surface area contributed by atoms with Gasteiger partial charge < -0.3 is 4.57 Å². The van der Waals surface area contributed by atoms with Crippen LogP contribution in [0.1, 0.15) is 5.82 Å². The number of imidazole rings is 1. The van der Waals surface area contributed by atoms with Gasteiger partial charge in [-0.1, -0.05) is 146 Å². The van der Waals surface area contributed by atoms with Crippen LogP contribution in [0.5, 0.6) is 0 Å². The zero-order valence-corrected chi connectivity index (χ0v) is 28.3. The van der Waals surface area contributed by atoms with Crippen molar-refractivity contribution in [3.05, 3.63) is 176 Å². The minimum Gasteiger partial charge on any atom is -0.308 e. The van der Waals surface area contributed by atoms with Gasteiger partial charge in [-0.15, -0.1) is 0 Å². The molecule has 0 radical (unpaired) electrons. The third-order valence-electron chi connectivity index (χ3n) is 10.3. The molecule has 4 heteroatoms. The van der Waals surface area contributed by atoms with Crippen molar-refractivity contribution in [1.82, 2.24) is 9.55 Å². The second-order valence-electron chi connectivity index (χ2n) is 13.1. The third kappa shape index (κ3) is 4.11. The lowest BCUT2D eigenvalue weighted by Crippen LogP contribution is -2.33. The van der Waals surface area contributed by atoms with Crippen LogP contribution in [-0.4, -0.2) is 9.55 Å². The Balaban J connectivity index is 1.25. The molecule has 1 aliphatic heterocycles. The summed E-state index contributed by atoms with van der Waals surface area (Å²) < 4.78 is 18.1. The van der Waals surface area contributed by atoms with Gasteiger partial charge in [0.25, 0.3) is 0 Å². The molecule has 10 rings (SSSR count). The van der Waals surface area contributed by atoms with Crippen molar-refractivity contribution in [3.63, 3.8) is 0 Å². The van der Waals surface area contributed by atoms with Crippen molar-refractivity contribution in [2.24, 2.45) is 0 Å². The van der Waals surface area contributed by atoms with Crippen LogP contribution >= 0.6 is 7.14 Å². The summed E-state index contributed by atoms with van der Waals surface area (Å²) in [6, 6.07) is 59.5. The maximum atomic E-state index is 15.9. The molecular formula is C46H31N2OP.